The van der Waals surface area contributed by atoms with Crippen LogP contribution in [0.25, 0.3) is 0 Å². The first-order valence-electron chi connectivity index (χ1n) is 8.15. The molecule has 1 fully saturated rings. The first kappa shape index (κ1) is 16.9. The van der Waals surface area contributed by atoms with E-state index < -0.39 is 0 Å². The van der Waals surface area contributed by atoms with E-state index in [1.54, 1.807) is 0 Å². The van der Waals surface area contributed by atoms with Gasteiger partial charge in [-0.05, 0) is 46.1 Å². The molecule has 3 nitrogen and oxygen atoms in total. The van der Waals surface area contributed by atoms with Gasteiger partial charge in [0.25, 0.3) is 0 Å². The van der Waals surface area contributed by atoms with Crippen molar-refractivity contribution < 1.29 is 9.90 Å². The van der Waals surface area contributed by atoms with Crippen molar-refractivity contribution in [3.05, 3.63) is 28.8 Å². The Kier molecular flexibility index (Phi) is 4.29. The molecule has 0 saturated carbocycles. The quantitative estimate of drug-likeness (QED) is 0.893. The topological polar surface area (TPSA) is 40.5 Å². The lowest BCUT2D eigenvalue weighted by Crippen LogP contribution is -2.25. The van der Waals surface area contributed by atoms with Gasteiger partial charge in [0.1, 0.15) is 5.75 Å². The van der Waals surface area contributed by atoms with Gasteiger partial charge in [-0.1, -0.05) is 41.5 Å². The van der Waals surface area contributed by atoms with Crippen LogP contribution in [0, 0.1) is 0 Å². The maximum atomic E-state index is 11.9. The normalized spacial score (nSPS) is 16.5. The van der Waals surface area contributed by atoms with Crippen LogP contribution in [0.4, 0.5) is 0 Å². The molecule has 22 heavy (non-hydrogen) atoms. The molecule has 0 aliphatic carbocycles. The zero-order chi connectivity index (χ0) is 16.7. The molecular formula is C19H29NO2. The van der Waals surface area contributed by atoms with Crippen LogP contribution in [0.3, 0.4) is 0 Å². The van der Waals surface area contributed by atoms with Gasteiger partial charge < -0.3 is 10.0 Å². The third-order valence-corrected chi connectivity index (χ3v) is 4.33. The SMILES string of the molecule is CC(C)(C)c1cc(CN2CCCC2=O)cc(C(C)(C)C)c1O. The maximum Gasteiger partial charge on any atom is 0.222 e. The summed E-state index contributed by atoms with van der Waals surface area (Å²) < 4.78 is 0. The van der Waals surface area contributed by atoms with E-state index in [0.717, 1.165) is 29.7 Å². The van der Waals surface area contributed by atoms with Crippen molar-refractivity contribution in [2.24, 2.45) is 0 Å². The van der Waals surface area contributed by atoms with E-state index in [-0.39, 0.29) is 16.7 Å². The summed E-state index contributed by atoms with van der Waals surface area (Å²) in [4.78, 5) is 13.8. The molecule has 1 aliphatic heterocycles. The number of aromatic hydroxyl groups is 1. The Bertz CT molecular complexity index is 541. The summed E-state index contributed by atoms with van der Waals surface area (Å²) in [5.74, 6) is 0.638. The smallest absolute Gasteiger partial charge is 0.222 e. The average Bonchev–Trinajstić information content (AvgIpc) is 2.74. The number of phenols is 1. The van der Waals surface area contributed by atoms with Crippen molar-refractivity contribution >= 4 is 5.91 Å². The molecule has 0 atom stereocenters. The number of carbonyl (C=O) groups is 1. The van der Waals surface area contributed by atoms with Gasteiger partial charge in [-0.15, -0.1) is 0 Å². The van der Waals surface area contributed by atoms with Crippen molar-refractivity contribution in [2.75, 3.05) is 6.54 Å². The zero-order valence-electron chi connectivity index (χ0n) is 14.8. The van der Waals surface area contributed by atoms with Gasteiger partial charge >= 0.3 is 0 Å². The third kappa shape index (κ3) is 3.45. The summed E-state index contributed by atoms with van der Waals surface area (Å²) >= 11 is 0. The van der Waals surface area contributed by atoms with Gasteiger partial charge in [0.2, 0.25) is 5.91 Å². The number of nitrogens with zero attached hydrogens (tertiary/aromatic N) is 1. The molecule has 1 aliphatic rings. The van der Waals surface area contributed by atoms with Gasteiger partial charge in [-0.2, -0.15) is 0 Å². The van der Waals surface area contributed by atoms with E-state index in [1.807, 2.05) is 4.90 Å². The Labute approximate surface area is 134 Å². The fraction of sp³-hybridized carbons (Fsp3) is 0.632. The van der Waals surface area contributed by atoms with E-state index in [4.69, 9.17) is 0 Å². The fourth-order valence-corrected chi connectivity index (χ4v) is 3.02. The van der Waals surface area contributed by atoms with E-state index in [1.165, 1.54) is 0 Å². The zero-order valence-corrected chi connectivity index (χ0v) is 14.8. The Hall–Kier alpha value is -1.51. The highest BCUT2D eigenvalue weighted by molar-refractivity contribution is 5.78. The Morgan fingerprint density at radius 1 is 1.05 bits per heavy atom. The first-order chi connectivity index (χ1) is 10.00. The molecule has 1 aromatic rings. The predicted octanol–water partition coefficient (Wildman–Crippen LogP) is 4.11. The minimum Gasteiger partial charge on any atom is -0.507 e. The monoisotopic (exact) mass is 303 g/mol. The van der Waals surface area contributed by atoms with Gasteiger partial charge in [0.05, 0.1) is 0 Å². The summed E-state index contributed by atoms with van der Waals surface area (Å²) in [7, 11) is 0. The lowest BCUT2D eigenvalue weighted by Gasteiger charge is -2.29. The second kappa shape index (κ2) is 5.60. The third-order valence-electron chi connectivity index (χ3n) is 4.33. The maximum absolute atomic E-state index is 11.9. The molecule has 0 radical (unpaired) electrons. The van der Waals surface area contributed by atoms with Crippen molar-refractivity contribution in [1.29, 1.82) is 0 Å². The van der Waals surface area contributed by atoms with Gasteiger partial charge in [0.15, 0.2) is 0 Å². The van der Waals surface area contributed by atoms with Crippen LogP contribution in [-0.2, 0) is 22.2 Å². The minimum atomic E-state index is -0.130. The molecule has 122 valence electrons. The molecule has 0 spiro atoms. The van der Waals surface area contributed by atoms with Crippen LogP contribution in [0.2, 0.25) is 0 Å². The molecule has 0 unspecified atom stereocenters. The van der Waals surface area contributed by atoms with Gasteiger partial charge in [-0.25, -0.2) is 0 Å². The summed E-state index contributed by atoms with van der Waals surface area (Å²) in [5.41, 5.74) is 2.77. The second-order valence-electron chi connectivity index (χ2n) is 8.46. The minimum absolute atomic E-state index is 0.130. The molecule has 1 heterocycles. The van der Waals surface area contributed by atoms with E-state index in [2.05, 4.69) is 53.7 Å². The molecule has 1 aromatic carbocycles. The average molecular weight is 303 g/mol. The fourth-order valence-electron chi connectivity index (χ4n) is 3.02. The highest BCUT2D eigenvalue weighted by Gasteiger charge is 2.28. The van der Waals surface area contributed by atoms with Crippen LogP contribution in [0.5, 0.6) is 5.75 Å². The molecule has 2 rings (SSSR count). The Morgan fingerprint density at radius 3 is 1.91 bits per heavy atom. The summed E-state index contributed by atoms with van der Waals surface area (Å²) in [6.07, 6.45) is 1.62. The molecule has 1 amide bonds. The number of hydrogen-bond acceptors (Lipinski definition) is 2. The largest absolute Gasteiger partial charge is 0.507 e. The van der Waals surface area contributed by atoms with Crippen LogP contribution in [0.1, 0.15) is 71.1 Å². The van der Waals surface area contributed by atoms with Gasteiger partial charge in [0, 0.05) is 19.5 Å². The van der Waals surface area contributed by atoms with Crippen molar-refractivity contribution in [1.82, 2.24) is 4.90 Å². The van der Waals surface area contributed by atoms with Crippen LogP contribution < -0.4 is 0 Å². The standard InChI is InChI=1S/C19H29NO2/c1-18(2,3)14-10-13(12-20-9-7-8-16(20)21)11-15(17(14)22)19(4,5)6/h10-11,22H,7-9,12H2,1-6H3. The Balaban J connectivity index is 2.48. The van der Waals surface area contributed by atoms with Crippen LogP contribution in [-0.4, -0.2) is 22.5 Å². The number of benzene rings is 1. The van der Waals surface area contributed by atoms with Crippen molar-refractivity contribution in [2.45, 2.75) is 71.8 Å². The predicted molar refractivity (Wildman–Crippen MR) is 90.2 cm³/mol. The number of amides is 1. The highest BCUT2D eigenvalue weighted by Crippen LogP contribution is 2.40. The van der Waals surface area contributed by atoms with Crippen LogP contribution in [0.15, 0.2) is 12.1 Å². The number of phenolic OH excluding ortho intramolecular Hbond substituents is 1. The lowest BCUT2D eigenvalue weighted by molar-refractivity contribution is -0.128. The molecule has 1 saturated heterocycles. The number of rotatable bonds is 2. The molecule has 3 heteroatoms. The molecule has 0 aromatic heterocycles. The number of carbonyl (C=O) groups excluding carboxylic acids is 1. The summed E-state index contributed by atoms with van der Waals surface area (Å²) in [5, 5.41) is 10.7. The molecule has 1 N–H and O–H groups in total. The second-order valence-corrected chi connectivity index (χ2v) is 8.46. The van der Waals surface area contributed by atoms with Crippen LogP contribution >= 0.6 is 0 Å². The molecular weight excluding hydrogens is 274 g/mol. The number of hydrogen-bond donors (Lipinski definition) is 1. The Morgan fingerprint density at radius 2 is 1.55 bits per heavy atom. The summed E-state index contributed by atoms with van der Waals surface area (Å²) in [6, 6.07) is 4.13. The lowest BCUT2D eigenvalue weighted by atomic mass is 9.78. The summed E-state index contributed by atoms with van der Waals surface area (Å²) in [6.45, 7) is 14.1. The highest BCUT2D eigenvalue weighted by atomic mass is 16.3. The van der Waals surface area contributed by atoms with E-state index >= 15 is 0 Å². The van der Waals surface area contributed by atoms with Gasteiger partial charge in [-0.3, -0.25) is 4.79 Å². The number of likely N-dealkylation sites (tertiary alicyclic amines) is 1. The first-order valence-corrected chi connectivity index (χ1v) is 8.15. The van der Waals surface area contributed by atoms with Crippen molar-refractivity contribution in [3.8, 4) is 5.75 Å². The van der Waals surface area contributed by atoms with E-state index in [0.29, 0.717) is 18.7 Å². The van der Waals surface area contributed by atoms with E-state index in [9.17, 15) is 9.90 Å². The van der Waals surface area contributed by atoms with Crippen molar-refractivity contribution in [3.63, 3.8) is 0 Å². The molecule has 0 bridgehead atoms.